The number of pyridine rings is 1. The highest BCUT2D eigenvalue weighted by Gasteiger charge is 2.16. The standard InChI is InChI=1S/C16H17N3/c1-4-19(15-8-6-5-7-13(15)3)16-14(11-17)12(2)9-10-18-16/h5-10H,4H2,1-3H3. The fourth-order valence-corrected chi connectivity index (χ4v) is 2.19. The molecule has 0 saturated carbocycles. The second-order valence-electron chi connectivity index (χ2n) is 4.47. The number of aryl methyl sites for hydroxylation is 2. The van der Waals surface area contributed by atoms with E-state index in [0.717, 1.165) is 23.6 Å². The quantitative estimate of drug-likeness (QED) is 0.834. The van der Waals surface area contributed by atoms with Gasteiger partial charge in [0.1, 0.15) is 6.07 Å². The van der Waals surface area contributed by atoms with Gasteiger partial charge in [-0.3, -0.25) is 0 Å². The van der Waals surface area contributed by atoms with Crippen LogP contribution < -0.4 is 4.90 Å². The molecule has 0 aliphatic heterocycles. The maximum absolute atomic E-state index is 9.34. The van der Waals surface area contributed by atoms with Crippen molar-refractivity contribution in [1.82, 2.24) is 4.98 Å². The molecule has 0 spiro atoms. The van der Waals surface area contributed by atoms with E-state index in [1.807, 2.05) is 25.1 Å². The molecule has 1 heterocycles. The first-order valence-corrected chi connectivity index (χ1v) is 6.38. The summed E-state index contributed by atoms with van der Waals surface area (Å²) in [6.07, 6.45) is 1.76. The average molecular weight is 251 g/mol. The molecule has 2 rings (SSSR count). The van der Waals surface area contributed by atoms with Crippen LogP contribution in [-0.2, 0) is 0 Å². The minimum Gasteiger partial charge on any atom is -0.325 e. The molecule has 0 aliphatic carbocycles. The maximum atomic E-state index is 9.34. The van der Waals surface area contributed by atoms with Gasteiger partial charge in [0.25, 0.3) is 0 Å². The Balaban J connectivity index is 2.59. The largest absolute Gasteiger partial charge is 0.325 e. The van der Waals surface area contributed by atoms with Gasteiger partial charge in [-0.15, -0.1) is 0 Å². The van der Waals surface area contributed by atoms with Crippen molar-refractivity contribution < 1.29 is 0 Å². The second kappa shape index (κ2) is 5.53. The summed E-state index contributed by atoms with van der Waals surface area (Å²) in [5, 5.41) is 9.34. The zero-order chi connectivity index (χ0) is 13.8. The Hall–Kier alpha value is -2.34. The summed E-state index contributed by atoms with van der Waals surface area (Å²) in [6, 6.07) is 12.3. The number of para-hydroxylation sites is 1. The molecule has 19 heavy (non-hydrogen) atoms. The molecule has 0 atom stereocenters. The third kappa shape index (κ3) is 2.43. The molecule has 96 valence electrons. The van der Waals surface area contributed by atoms with Crippen LogP contribution in [0, 0.1) is 25.2 Å². The molecule has 0 N–H and O–H groups in total. The van der Waals surface area contributed by atoms with E-state index in [1.54, 1.807) is 6.20 Å². The van der Waals surface area contributed by atoms with Gasteiger partial charge in [-0.1, -0.05) is 18.2 Å². The van der Waals surface area contributed by atoms with Gasteiger partial charge in [0.15, 0.2) is 5.82 Å². The van der Waals surface area contributed by atoms with Crippen molar-refractivity contribution in [3.63, 3.8) is 0 Å². The predicted molar refractivity (Wildman–Crippen MR) is 77.5 cm³/mol. The Morgan fingerprint density at radius 2 is 1.89 bits per heavy atom. The van der Waals surface area contributed by atoms with Crippen LogP contribution in [0.25, 0.3) is 0 Å². The van der Waals surface area contributed by atoms with Crippen LogP contribution in [0.3, 0.4) is 0 Å². The van der Waals surface area contributed by atoms with E-state index < -0.39 is 0 Å². The van der Waals surface area contributed by atoms with Gasteiger partial charge in [-0.25, -0.2) is 4.98 Å². The summed E-state index contributed by atoms with van der Waals surface area (Å²) in [4.78, 5) is 6.49. The summed E-state index contributed by atoms with van der Waals surface area (Å²) in [7, 11) is 0. The van der Waals surface area contributed by atoms with E-state index in [0.29, 0.717) is 5.56 Å². The molecule has 3 nitrogen and oxygen atoms in total. The monoisotopic (exact) mass is 251 g/mol. The molecule has 0 aliphatic rings. The summed E-state index contributed by atoms with van der Waals surface area (Å²) >= 11 is 0. The predicted octanol–water partition coefficient (Wildman–Crippen LogP) is 3.73. The lowest BCUT2D eigenvalue weighted by atomic mass is 10.1. The molecule has 1 aromatic carbocycles. The molecule has 0 saturated heterocycles. The van der Waals surface area contributed by atoms with E-state index in [1.165, 1.54) is 5.56 Å². The molecule has 0 radical (unpaired) electrons. The molecule has 2 aromatic rings. The van der Waals surface area contributed by atoms with Gasteiger partial charge in [-0.2, -0.15) is 5.26 Å². The molecule has 0 amide bonds. The van der Waals surface area contributed by atoms with Crippen LogP contribution in [0.15, 0.2) is 36.5 Å². The number of aromatic nitrogens is 1. The van der Waals surface area contributed by atoms with Crippen molar-refractivity contribution >= 4 is 11.5 Å². The first-order chi connectivity index (χ1) is 9.19. The van der Waals surface area contributed by atoms with Crippen LogP contribution in [0.1, 0.15) is 23.6 Å². The first-order valence-electron chi connectivity index (χ1n) is 6.38. The molecular formula is C16H17N3. The average Bonchev–Trinajstić information content (AvgIpc) is 2.42. The first kappa shape index (κ1) is 13.1. The second-order valence-corrected chi connectivity index (χ2v) is 4.47. The van der Waals surface area contributed by atoms with Crippen molar-refractivity contribution in [3.05, 3.63) is 53.2 Å². The summed E-state index contributed by atoms with van der Waals surface area (Å²) < 4.78 is 0. The lowest BCUT2D eigenvalue weighted by molar-refractivity contribution is 0.975. The molecule has 1 aromatic heterocycles. The van der Waals surface area contributed by atoms with Gasteiger partial charge in [0.05, 0.1) is 5.56 Å². The van der Waals surface area contributed by atoms with Crippen molar-refractivity contribution in [2.24, 2.45) is 0 Å². The number of anilines is 2. The number of rotatable bonds is 3. The molecular weight excluding hydrogens is 234 g/mol. The number of benzene rings is 1. The van der Waals surface area contributed by atoms with E-state index in [9.17, 15) is 5.26 Å². The van der Waals surface area contributed by atoms with Gasteiger partial charge >= 0.3 is 0 Å². The fraction of sp³-hybridized carbons (Fsp3) is 0.250. The highest BCUT2D eigenvalue weighted by atomic mass is 15.2. The topological polar surface area (TPSA) is 39.9 Å². The van der Waals surface area contributed by atoms with Gasteiger partial charge in [0, 0.05) is 18.4 Å². The lowest BCUT2D eigenvalue weighted by Gasteiger charge is -2.25. The summed E-state index contributed by atoms with van der Waals surface area (Å²) in [6.45, 7) is 6.85. The van der Waals surface area contributed by atoms with Crippen molar-refractivity contribution in [1.29, 1.82) is 5.26 Å². The van der Waals surface area contributed by atoms with E-state index in [2.05, 4.69) is 41.9 Å². The highest BCUT2D eigenvalue weighted by molar-refractivity contribution is 5.69. The molecule has 3 heteroatoms. The zero-order valence-electron chi connectivity index (χ0n) is 11.5. The van der Waals surface area contributed by atoms with Crippen molar-refractivity contribution in [2.45, 2.75) is 20.8 Å². The SMILES string of the molecule is CCN(c1ccccc1C)c1nccc(C)c1C#N. The minimum absolute atomic E-state index is 0.646. The van der Waals surface area contributed by atoms with E-state index in [4.69, 9.17) is 0 Å². The lowest BCUT2D eigenvalue weighted by Crippen LogP contribution is -2.20. The third-order valence-electron chi connectivity index (χ3n) is 3.23. The van der Waals surface area contributed by atoms with Crippen molar-refractivity contribution in [3.8, 4) is 6.07 Å². The maximum Gasteiger partial charge on any atom is 0.151 e. The number of hydrogen-bond acceptors (Lipinski definition) is 3. The fourth-order valence-electron chi connectivity index (χ4n) is 2.19. The smallest absolute Gasteiger partial charge is 0.151 e. The van der Waals surface area contributed by atoms with Crippen LogP contribution in [0.4, 0.5) is 11.5 Å². The number of nitrogens with zero attached hydrogens (tertiary/aromatic N) is 3. The summed E-state index contributed by atoms with van der Waals surface area (Å²) in [5.74, 6) is 0.735. The summed E-state index contributed by atoms with van der Waals surface area (Å²) in [5.41, 5.74) is 3.88. The van der Waals surface area contributed by atoms with Gasteiger partial charge in [0.2, 0.25) is 0 Å². The van der Waals surface area contributed by atoms with Gasteiger partial charge in [-0.05, 0) is 44.0 Å². The van der Waals surface area contributed by atoms with Crippen LogP contribution in [0.2, 0.25) is 0 Å². The highest BCUT2D eigenvalue weighted by Crippen LogP contribution is 2.29. The van der Waals surface area contributed by atoms with E-state index in [-0.39, 0.29) is 0 Å². The Bertz CT molecular complexity index is 626. The molecule has 0 fully saturated rings. The van der Waals surface area contributed by atoms with E-state index >= 15 is 0 Å². The zero-order valence-corrected chi connectivity index (χ0v) is 11.5. The normalized spacial score (nSPS) is 10.0. The van der Waals surface area contributed by atoms with Crippen LogP contribution in [-0.4, -0.2) is 11.5 Å². The van der Waals surface area contributed by atoms with Crippen LogP contribution in [0.5, 0.6) is 0 Å². The third-order valence-corrected chi connectivity index (χ3v) is 3.23. The Morgan fingerprint density at radius 3 is 2.53 bits per heavy atom. The minimum atomic E-state index is 0.646. The van der Waals surface area contributed by atoms with Crippen LogP contribution >= 0.6 is 0 Å². The van der Waals surface area contributed by atoms with Crippen molar-refractivity contribution in [2.75, 3.05) is 11.4 Å². The Morgan fingerprint density at radius 1 is 1.16 bits per heavy atom. The molecule has 0 bridgehead atoms. The molecule has 0 unspecified atom stereocenters. The van der Waals surface area contributed by atoms with Gasteiger partial charge < -0.3 is 4.90 Å². The Kier molecular flexibility index (Phi) is 3.82. The Labute approximate surface area is 114 Å². The number of hydrogen-bond donors (Lipinski definition) is 0. The number of nitriles is 1.